The van der Waals surface area contributed by atoms with Gasteiger partial charge in [0.15, 0.2) is 5.65 Å². The van der Waals surface area contributed by atoms with Gasteiger partial charge in [-0.2, -0.15) is 0 Å². The van der Waals surface area contributed by atoms with E-state index < -0.39 is 0 Å². The zero-order valence-corrected chi connectivity index (χ0v) is 11.3. The SMILES string of the molecule is O=C(NCCc1nnc2ccccn12)c1cc(Cl)c[nH]1. The highest BCUT2D eigenvalue weighted by Gasteiger charge is 2.09. The van der Waals surface area contributed by atoms with Crippen molar-refractivity contribution in [1.29, 1.82) is 0 Å². The van der Waals surface area contributed by atoms with E-state index in [1.54, 1.807) is 12.3 Å². The van der Waals surface area contributed by atoms with E-state index in [-0.39, 0.29) is 5.91 Å². The minimum Gasteiger partial charge on any atom is -0.356 e. The Morgan fingerprint density at radius 2 is 2.30 bits per heavy atom. The summed E-state index contributed by atoms with van der Waals surface area (Å²) in [7, 11) is 0. The number of hydrogen-bond donors (Lipinski definition) is 2. The van der Waals surface area contributed by atoms with Crippen LogP contribution >= 0.6 is 11.6 Å². The van der Waals surface area contributed by atoms with Crippen molar-refractivity contribution < 1.29 is 4.79 Å². The fraction of sp³-hybridized carbons (Fsp3) is 0.154. The predicted molar refractivity (Wildman–Crippen MR) is 74.8 cm³/mol. The molecule has 20 heavy (non-hydrogen) atoms. The number of pyridine rings is 1. The molecule has 1 amide bonds. The zero-order chi connectivity index (χ0) is 13.9. The maximum absolute atomic E-state index is 11.8. The smallest absolute Gasteiger partial charge is 0.267 e. The first-order valence-electron chi connectivity index (χ1n) is 6.15. The lowest BCUT2D eigenvalue weighted by atomic mass is 10.3. The first-order chi connectivity index (χ1) is 9.74. The molecule has 0 spiro atoms. The number of H-pyrrole nitrogens is 1. The van der Waals surface area contributed by atoms with Gasteiger partial charge in [0.05, 0.1) is 5.02 Å². The zero-order valence-electron chi connectivity index (χ0n) is 10.5. The summed E-state index contributed by atoms with van der Waals surface area (Å²) in [5.41, 5.74) is 1.24. The second-order valence-corrected chi connectivity index (χ2v) is 4.72. The van der Waals surface area contributed by atoms with Crippen LogP contribution in [-0.2, 0) is 6.42 Å². The number of halogens is 1. The Morgan fingerprint density at radius 3 is 3.10 bits per heavy atom. The lowest BCUT2D eigenvalue weighted by molar-refractivity contribution is 0.0949. The highest BCUT2D eigenvalue weighted by atomic mass is 35.5. The number of nitrogens with one attached hydrogen (secondary N) is 2. The minimum atomic E-state index is -0.189. The van der Waals surface area contributed by atoms with Gasteiger partial charge in [-0.15, -0.1) is 10.2 Å². The quantitative estimate of drug-likeness (QED) is 0.767. The molecule has 0 radical (unpaired) electrons. The molecular weight excluding hydrogens is 278 g/mol. The maximum Gasteiger partial charge on any atom is 0.267 e. The van der Waals surface area contributed by atoms with Crippen LogP contribution in [0, 0.1) is 0 Å². The van der Waals surface area contributed by atoms with E-state index in [0.29, 0.717) is 23.7 Å². The number of aromatic amines is 1. The van der Waals surface area contributed by atoms with Crippen molar-refractivity contribution in [1.82, 2.24) is 24.9 Å². The summed E-state index contributed by atoms with van der Waals surface area (Å²) in [4.78, 5) is 14.6. The molecule has 102 valence electrons. The number of amides is 1. The Morgan fingerprint density at radius 1 is 1.40 bits per heavy atom. The van der Waals surface area contributed by atoms with E-state index in [1.807, 2.05) is 28.8 Å². The van der Waals surface area contributed by atoms with Crippen LogP contribution in [0.1, 0.15) is 16.3 Å². The molecule has 0 bridgehead atoms. The lowest BCUT2D eigenvalue weighted by Crippen LogP contribution is -2.26. The van der Waals surface area contributed by atoms with Gasteiger partial charge in [0.2, 0.25) is 0 Å². The first kappa shape index (κ1) is 12.7. The Kier molecular flexibility index (Phi) is 3.39. The van der Waals surface area contributed by atoms with Crippen molar-refractivity contribution in [3.63, 3.8) is 0 Å². The van der Waals surface area contributed by atoms with Crippen molar-refractivity contribution in [3.05, 3.63) is 53.2 Å². The molecule has 3 heterocycles. The van der Waals surface area contributed by atoms with E-state index in [1.165, 1.54) is 0 Å². The Labute approximate surface area is 119 Å². The molecule has 0 unspecified atom stereocenters. The van der Waals surface area contributed by atoms with Crippen LogP contribution in [0.5, 0.6) is 0 Å². The maximum atomic E-state index is 11.8. The molecule has 3 aromatic rings. The molecule has 3 aromatic heterocycles. The molecule has 2 N–H and O–H groups in total. The number of aromatic nitrogens is 4. The third kappa shape index (κ3) is 2.50. The highest BCUT2D eigenvalue weighted by molar-refractivity contribution is 6.30. The van der Waals surface area contributed by atoms with Gasteiger partial charge in [0.1, 0.15) is 11.5 Å². The summed E-state index contributed by atoms with van der Waals surface area (Å²) in [5, 5.41) is 11.5. The highest BCUT2D eigenvalue weighted by Crippen LogP contribution is 2.09. The molecule has 0 atom stereocenters. The number of hydrogen-bond acceptors (Lipinski definition) is 3. The molecule has 7 heteroatoms. The molecule has 0 saturated heterocycles. The Balaban J connectivity index is 1.61. The second kappa shape index (κ2) is 5.34. The van der Waals surface area contributed by atoms with E-state index >= 15 is 0 Å². The van der Waals surface area contributed by atoms with Crippen LogP contribution in [0.2, 0.25) is 5.02 Å². The average Bonchev–Trinajstić information content (AvgIpc) is 3.06. The summed E-state index contributed by atoms with van der Waals surface area (Å²) in [6, 6.07) is 7.29. The van der Waals surface area contributed by atoms with E-state index in [4.69, 9.17) is 11.6 Å². The van der Waals surface area contributed by atoms with Crippen molar-refractivity contribution in [2.45, 2.75) is 6.42 Å². The van der Waals surface area contributed by atoms with Gasteiger partial charge in [0, 0.05) is 25.4 Å². The summed E-state index contributed by atoms with van der Waals surface area (Å²) in [6.07, 6.45) is 4.07. The summed E-state index contributed by atoms with van der Waals surface area (Å²) < 4.78 is 1.90. The monoisotopic (exact) mass is 289 g/mol. The van der Waals surface area contributed by atoms with E-state index in [9.17, 15) is 4.79 Å². The van der Waals surface area contributed by atoms with Gasteiger partial charge in [-0.25, -0.2) is 0 Å². The number of carbonyl (C=O) groups excluding carboxylic acids is 1. The van der Waals surface area contributed by atoms with Crippen molar-refractivity contribution in [2.75, 3.05) is 6.54 Å². The van der Waals surface area contributed by atoms with Gasteiger partial charge in [-0.05, 0) is 18.2 Å². The number of rotatable bonds is 4. The van der Waals surface area contributed by atoms with Crippen LogP contribution in [0.4, 0.5) is 0 Å². The third-order valence-electron chi connectivity index (χ3n) is 2.91. The summed E-state index contributed by atoms with van der Waals surface area (Å²) >= 11 is 5.75. The lowest BCUT2D eigenvalue weighted by Gasteiger charge is -2.02. The molecule has 0 aliphatic heterocycles. The van der Waals surface area contributed by atoms with Gasteiger partial charge in [-0.1, -0.05) is 17.7 Å². The van der Waals surface area contributed by atoms with Gasteiger partial charge >= 0.3 is 0 Å². The van der Waals surface area contributed by atoms with E-state index in [0.717, 1.165) is 11.5 Å². The second-order valence-electron chi connectivity index (χ2n) is 4.28. The van der Waals surface area contributed by atoms with Gasteiger partial charge in [-0.3, -0.25) is 9.20 Å². The first-order valence-corrected chi connectivity index (χ1v) is 6.52. The topological polar surface area (TPSA) is 75.1 Å². The molecule has 0 fully saturated rings. The number of nitrogens with zero attached hydrogens (tertiary/aromatic N) is 3. The molecule has 0 aliphatic rings. The normalized spacial score (nSPS) is 10.8. The van der Waals surface area contributed by atoms with Crippen LogP contribution in [-0.4, -0.2) is 32.0 Å². The largest absolute Gasteiger partial charge is 0.356 e. The predicted octanol–water partition coefficient (Wildman–Crippen LogP) is 1.68. The van der Waals surface area contributed by atoms with Crippen LogP contribution in [0.15, 0.2) is 36.7 Å². The molecule has 0 saturated carbocycles. The van der Waals surface area contributed by atoms with Gasteiger partial charge < -0.3 is 10.3 Å². The van der Waals surface area contributed by atoms with Crippen LogP contribution in [0.3, 0.4) is 0 Å². The van der Waals surface area contributed by atoms with E-state index in [2.05, 4.69) is 20.5 Å². The molecule has 0 aliphatic carbocycles. The summed E-state index contributed by atoms with van der Waals surface area (Å²) in [5.74, 6) is 0.621. The van der Waals surface area contributed by atoms with Crippen molar-refractivity contribution >= 4 is 23.2 Å². The Bertz CT molecular complexity index is 748. The van der Waals surface area contributed by atoms with Crippen LogP contribution < -0.4 is 5.32 Å². The molecule has 3 rings (SSSR count). The average molecular weight is 290 g/mol. The number of fused-ring (bicyclic) bond motifs is 1. The van der Waals surface area contributed by atoms with Crippen molar-refractivity contribution in [3.8, 4) is 0 Å². The molecule has 6 nitrogen and oxygen atoms in total. The van der Waals surface area contributed by atoms with Gasteiger partial charge in [0.25, 0.3) is 5.91 Å². The minimum absolute atomic E-state index is 0.189. The third-order valence-corrected chi connectivity index (χ3v) is 3.13. The fourth-order valence-corrected chi connectivity index (χ4v) is 2.11. The number of carbonyl (C=O) groups is 1. The molecular formula is C13H12ClN5O. The van der Waals surface area contributed by atoms with Crippen molar-refractivity contribution in [2.24, 2.45) is 0 Å². The molecule has 0 aromatic carbocycles. The Hall–Kier alpha value is -2.34. The fourth-order valence-electron chi connectivity index (χ4n) is 1.94. The standard InChI is InChI=1S/C13H12ClN5O/c14-9-7-10(16-8-9)13(20)15-5-4-12-18-17-11-3-1-2-6-19(11)12/h1-3,6-8,16H,4-5H2,(H,15,20). The summed E-state index contributed by atoms with van der Waals surface area (Å²) in [6.45, 7) is 0.477. The van der Waals surface area contributed by atoms with Crippen LogP contribution in [0.25, 0.3) is 5.65 Å².